The van der Waals surface area contributed by atoms with Crippen LogP contribution in [0, 0.1) is 6.92 Å². The van der Waals surface area contributed by atoms with Gasteiger partial charge in [-0.1, -0.05) is 29.8 Å². The molecule has 1 atom stereocenters. The van der Waals surface area contributed by atoms with Crippen molar-refractivity contribution in [1.29, 1.82) is 0 Å². The van der Waals surface area contributed by atoms with Crippen LogP contribution in [-0.4, -0.2) is 55.0 Å². The van der Waals surface area contributed by atoms with Crippen molar-refractivity contribution in [3.05, 3.63) is 35.4 Å². The maximum absolute atomic E-state index is 12.3. The zero-order valence-corrected chi connectivity index (χ0v) is 12.7. The van der Waals surface area contributed by atoms with Crippen molar-refractivity contribution in [3.63, 3.8) is 0 Å². The minimum Gasteiger partial charge on any atom is -0.340 e. The molecule has 1 saturated heterocycles. The molecule has 0 aromatic heterocycles. The van der Waals surface area contributed by atoms with Crippen molar-refractivity contribution >= 4 is 5.91 Å². The van der Waals surface area contributed by atoms with E-state index in [1.165, 1.54) is 11.1 Å². The molecule has 0 bridgehead atoms. The lowest BCUT2D eigenvalue weighted by Gasteiger charge is -2.32. The number of benzene rings is 1. The third-order valence-electron chi connectivity index (χ3n) is 3.78. The van der Waals surface area contributed by atoms with Crippen molar-refractivity contribution in [3.8, 4) is 0 Å². The van der Waals surface area contributed by atoms with E-state index in [1.807, 2.05) is 11.9 Å². The van der Waals surface area contributed by atoms with E-state index < -0.39 is 0 Å². The molecule has 1 N–H and O–H groups in total. The van der Waals surface area contributed by atoms with Crippen LogP contribution in [0.2, 0.25) is 0 Å². The van der Waals surface area contributed by atoms with Gasteiger partial charge in [0.25, 0.3) is 0 Å². The molecule has 1 fully saturated rings. The van der Waals surface area contributed by atoms with Crippen LogP contribution in [0.3, 0.4) is 0 Å². The van der Waals surface area contributed by atoms with E-state index in [0.29, 0.717) is 19.1 Å². The molecule has 0 radical (unpaired) electrons. The SMILES string of the molecule is Cc1ccc(CN(C)C(=O)CN2CCN[C@H](C)C2)cc1. The summed E-state index contributed by atoms with van der Waals surface area (Å²) < 4.78 is 0. The summed E-state index contributed by atoms with van der Waals surface area (Å²) in [5, 5.41) is 3.39. The van der Waals surface area contributed by atoms with Gasteiger partial charge in [-0.2, -0.15) is 0 Å². The van der Waals surface area contributed by atoms with Crippen LogP contribution >= 0.6 is 0 Å². The number of carbonyl (C=O) groups is 1. The van der Waals surface area contributed by atoms with E-state index in [9.17, 15) is 4.79 Å². The molecule has 0 saturated carbocycles. The van der Waals surface area contributed by atoms with Crippen LogP contribution in [-0.2, 0) is 11.3 Å². The molecule has 0 unspecified atom stereocenters. The molecule has 4 nitrogen and oxygen atoms in total. The van der Waals surface area contributed by atoms with Gasteiger partial charge < -0.3 is 10.2 Å². The highest BCUT2D eigenvalue weighted by Crippen LogP contribution is 2.07. The summed E-state index contributed by atoms with van der Waals surface area (Å²) in [4.78, 5) is 16.3. The lowest BCUT2D eigenvalue weighted by atomic mass is 10.1. The maximum Gasteiger partial charge on any atom is 0.236 e. The average molecular weight is 275 g/mol. The Labute approximate surface area is 121 Å². The second-order valence-corrected chi connectivity index (χ2v) is 5.83. The normalized spacial score (nSPS) is 19.9. The van der Waals surface area contributed by atoms with Crippen LogP contribution in [0.5, 0.6) is 0 Å². The van der Waals surface area contributed by atoms with E-state index in [4.69, 9.17) is 0 Å². The molecule has 1 aromatic rings. The number of hydrogen-bond acceptors (Lipinski definition) is 3. The number of nitrogens with one attached hydrogen (secondary N) is 1. The fraction of sp³-hybridized carbons (Fsp3) is 0.562. The number of likely N-dealkylation sites (N-methyl/N-ethyl adjacent to an activating group) is 1. The van der Waals surface area contributed by atoms with E-state index in [2.05, 4.69) is 48.3 Å². The van der Waals surface area contributed by atoms with Crippen LogP contribution in [0.4, 0.5) is 0 Å². The van der Waals surface area contributed by atoms with Gasteiger partial charge in [0.05, 0.1) is 6.54 Å². The summed E-state index contributed by atoms with van der Waals surface area (Å²) in [6.07, 6.45) is 0. The summed E-state index contributed by atoms with van der Waals surface area (Å²) in [5.41, 5.74) is 2.43. The number of nitrogens with zero attached hydrogens (tertiary/aromatic N) is 2. The van der Waals surface area contributed by atoms with Gasteiger partial charge in [0.1, 0.15) is 0 Å². The summed E-state index contributed by atoms with van der Waals surface area (Å²) in [5.74, 6) is 0.194. The van der Waals surface area contributed by atoms with Crippen molar-refractivity contribution < 1.29 is 4.79 Å². The van der Waals surface area contributed by atoms with Gasteiger partial charge in [0, 0.05) is 39.3 Å². The molecule has 2 rings (SSSR count). The molecule has 0 spiro atoms. The minimum absolute atomic E-state index is 0.194. The Morgan fingerprint density at radius 1 is 1.40 bits per heavy atom. The quantitative estimate of drug-likeness (QED) is 0.898. The van der Waals surface area contributed by atoms with Gasteiger partial charge in [0.15, 0.2) is 0 Å². The summed E-state index contributed by atoms with van der Waals surface area (Å²) in [6, 6.07) is 8.83. The van der Waals surface area contributed by atoms with Crippen molar-refractivity contribution in [2.75, 3.05) is 33.2 Å². The molecule has 1 amide bonds. The van der Waals surface area contributed by atoms with E-state index >= 15 is 0 Å². The Bertz CT molecular complexity index is 444. The first-order valence-electron chi connectivity index (χ1n) is 7.30. The summed E-state index contributed by atoms with van der Waals surface area (Å²) in [7, 11) is 1.88. The molecular formula is C16H25N3O. The lowest BCUT2D eigenvalue weighted by Crippen LogP contribution is -2.51. The van der Waals surface area contributed by atoms with Gasteiger partial charge in [-0.05, 0) is 19.4 Å². The molecule has 20 heavy (non-hydrogen) atoms. The molecular weight excluding hydrogens is 250 g/mol. The highest BCUT2D eigenvalue weighted by Gasteiger charge is 2.19. The second kappa shape index (κ2) is 6.86. The first-order valence-corrected chi connectivity index (χ1v) is 7.30. The predicted molar refractivity (Wildman–Crippen MR) is 81.6 cm³/mol. The van der Waals surface area contributed by atoms with Crippen molar-refractivity contribution in [2.45, 2.75) is 26.4 Å². The number of hydrogen-bond donors (Lipinski definition) is 1. The van der Waals surface area contributed by atoms with Gasteiger partial charge in [-0.15, -0.1) is 0 Å². The smallest absolute Gasteiger partial charge is 0.236 e. The third kappa shape index (κ3) is 4.32. The lowest BCUT2D eigenvalue weighted by molar-refractivity contribution is -0.131. The largest absolute Gasteiger partial charge is 0.340 e. The van der Waals surface area contributed by atoms with Crippen LogP contribution < -0.4 is 5.32 Å². The van der Waals surface area contributed by atoms with E-state index in [1.54, 1.807) is 0 Å². The van der Waals surface area contributed by atoms with Crippen molar-refractivity contribution in [2.24, 2.45) is 0 Å². The summed E-state index contributed by atoms with van der Waals surface area (Å²) >= 11 is 0. The number of aryl methyl sites for hydroxylation is 1. The maximum atomic E-state index is 12.3. The topological polar surface area (TPSA) is 35.6 Å². The summed E-state index contributed by atoms with van der Waals surface area (Å²) in [6.45, 7) is 8.31. The van der Waals surface area contributed by atoms with Gasteiger partial charge in [-0.25, -0.2) is 0 Å². The zero-order valence-electron chi connectivity index (χ0n) is 12.7. The fourth-order valence-electron chi connectivity index (χ4n) is 2.52. The Kier molecular flexibility index (Phi) is 5.15. The number of carbonyl (C=O) groups excluding carboxylic acids is 1. The molecule has 4 heteroatoms. The molecule has 110 valence electrons. The Balaban J connectivity index is 1.83. The minimum atomic E-state index is 0.194. The average Bonchev–Trinajstić information content (AvgIpc) is 2.41. The number of amides is 1. The Morgan fingerprint density at radius 3 is 2.75 bits per heavy atom. The Morgan fingerprint density at radius 2 is 2.10 bits per heavy atom. The highest BCUT2D eigenvalue weighted by molar-refractivity contribution is 5.78. The van der Waals surface area contributed by atoms with E-state index in [-0.39, 0.29) is 5.91 Å². The Hall–Kier alpha value is -1.39. The third-order valence-corrected chi connectivity index (χ3v) is 3.78. The van der Waals surface area contributed by atoms with E-state index in [0.717, 1.165) is 19.6 Å². The van der Waals surface area contributed by atoms with Crippen LogP contribution in [0.25, 0.3) is 0 Å². The molecule has 1 aromatic carbocycles. The highest BCUT2D eigenvalue weighted by atomic mass is 16.2. The van der Waals surface area contributed by atoms with Crippen LogP contribution in [0.1, 0.15) is 18.1 Å². The first-order chi connectivity index (χ1) is 9.54. The first kappa shape index (κ1) is 15.0. The molecule has 1 heterocycles. The van der Waals surface area contributed by atoms with Crippen molar-refractivity contribution in [1.82, 2.24) is 15.1 Å². The zero-order chi connectivity index (χ0) is 14.5. The van der Waals surface area contributed by atoms with Gasteiger partial charge in [-0.3, -0.25) is 9.69 Å². The van der Waals surface area contributed by atoms with Gasteiger partial charge >= 0.3 is 0 Å². The van der Waals surface area contributed by atoms with Gasteiger partial charge in [0.2, 0.25) is 5.91 Å². The standard InChI is InChI=1S/C16H25N3O/c1-13-4-6-15(7-5-13)11-18(3)16(20)12-19-9-8-17-14(2)10-19/h4-7,14,17H,8-12H2,1-3H3/t14-/m1/s1. The molecule has 1 aliphatic rings. The molecule has 0 aliphatic carbocycles. The number of rotatable bonds is 4. The second-order valence-electron chi connectivity index (χ2n) is 5.83. The number of piperazine rings is 1. The fourth-order valence-corrected chi connectivity index (χ4v) is 2.52. The molecule has 1 aliphatic heterocycles. The monoisotopic (exact) mass is 275 g/mol. The predicted octanol–water partition coefficient (Wildman–Crippen LogP) is 1.25. The van der Waals surface area contributed by atoms with Crippen LogP contribution in [0.15, 0.2) is 24.3 Å².